The van der Waals surface area contributed by atoms with Gasteiger partial charge in [-0.15, -0.1) is 0 Å². The first-order chi connectivity index (χ1) is 23.0. The average molecular weight is 660 g/mol. The zero-order chi connectivity index (χ0) is 32.5. The molecule has 1 aliphatic heterocycles. The van der Waals surface area contributed by atoms with Gasteiger partial charge in [-0.1, -0.05) is 102 Å². The van der Waals surface area contributed by atoms with Crippen molar-refractivity contribution in [2.45, 2.75) is 19.5 Å². The van der Waals surface area contributed by atoms with Crippen molar-refractivity contribution < 1.29 is 14.3 Å². The summed E-state index contributed by atoms with van der Waals surface area (Å²) < 4.78 is 15.2. The number of carbonyl (C=O) groups is 1. The van der Waals surface area contributed by atoms with E-state index >= 15 is 0 Å². The molecule has 0 amide bonds. The van der Waals surface area contributed by atoms with Gasteiger partial charge in [0.2, 0.25) is 0 Å². The van der Waals surface area contributed by atoms with Crippen molar-refractivity contribution in [2.75, 3.05) is 13.7 Å². The predicted molar refractivity (Wildman–Crippen MR) is 187 cm³/mol. The van der Waals surface area contributed by atoms with Crippen LogP contribution in [0.2, 0.25) is 5.02 Å². The lowest BCUT2D eigenvalue weighted by molar-refractivity contribution is -0.138. The summed E-state index contributed by atoms with van der Waals surface area (Å²) >= 11 is 7.81. The highest BCUT2D eigenvalue weighted by Gasteiger charge is 2.35. The molecular weight excluding hydrogens is 630 g/mol. The largest absolute Gasteiger partial charge is 0.497 e. The molecular formula is C38H30ClN3O4S. The maximum atomic E-state index is 14.4. The van der Waals surface area contributed by atoms with Crippen molar-refractivity contribution in [1.29, 1.82) is 0 Å². The number of para-hydroxylation sites is 1. The molecule has 1 atom stereocenters. The molecule has 0 spiro atoms. The zero-order valence-electron chi connectivity index (χ0n) is 25.7. The lowest BCUT2D eigenvalue weighted by Crippen LogP contribution is -2.40. The topological polar surface area (TPSA) is 74.8 Å². The normalized spacial score (nSPS) is 14.6. The van der Waals surface area contributed by atoms with Crippen molar-refractivity contribution in [3.05, 3.63) is 162 Å². The summed E-state index contributed by atoms with van der Waals surface area (Å²) in [6, 6.07) is 32.0. The second kappa shape index (κ2) is 12.9. The Bertz CT molecular complexity index is 2340. The monoisotopic (exact) mass is 659 g/mol. The number of rotatable bonds is 8. The Labute approximate surface area is 279 Å². The van der Waals surface area contributed by atoms with Crippen LogP contribution in [0.25, 0.3) is 22.7 Å². The van der Waals surface area contributed by atoms with Crippen LogP contribution in [0.5, 0.6) is 5.75 Å². The minimum Gasteiger partial charge on any atom is -0.497 e. The van der Waals surface area contributed by atoms with Gasteiger partial charge in [0, 0.05) is 39.8 Å². The summed E-state index contributed by atoms with van der Waals surface area (Å²) in [5.41, 5.74) is 4.96. The molecule has 9 heteroatoms. The van der Waals surface area contributed by atoms with Gasteiger partial charge in [0.15, 0.2) is 4.80 Å². The second-order valence-corrected chi connectivity index (χ2v) is 12.4. The number of fused-ring (bicyclic) bond motifs is 2. The van der Waals surface area contributed by atoms with Gasteiger partial charge in [-0.05, 0) is 48.4 Å². The first kappa shape index (κ1) is 30.5. The van der Waals surface area contributed by atoms with Crippen molar-refractivity contribution in [3.8, 4) is 5.75 Å². The number of hydrogen-bond donors (Lipinski definition) is 0. The summed E-state index contributed by atoms with van der Waals surface area (Å²) in [6.07, 6.45) is 3.96. The van der Waals surface area contributed by atoms with Crippen LogP contribution >= 0.6 is 22.9 Å². The van der Waals surface area contributed by atoms with Crippen molar-refractivity contribution in [1.82, 2.24) is 9.13 Å². The zero-order valence-corrected chi connectivity index (χ0v) is 27.3. The third-order valence-electron chi connectivity index (χ3n) is 8.21. The lowest BCUT2D eigenvalue weighted by Gasteiger charge is -2.26. The number of esters is 1. The number of thiazole rings is 1. The quantitative estimate of drug-likeness (QED) is 0.173. The fraction of sp³-hybridized carbons (Fsp3) is 0.132. The Hall–Kier alpha value is -5.18. The Balaban J connectivity index is 1.45. The smallest absolute Gasteiger partial charge is 0.338 e. The maximum Gasteiger partial charge on any atom is 0.338 e. The number of nitrogens with zero attached hydrogens (tertiary/aromatic N) is 3. The van der Waals surface area contributed by atoms with Gasteiger partial charge >= 0.3 is 5.97 Å². The van der Waals surface area contributed by atoms with Gasteiger partial charge in [-0.2, -0.15) is 0 Å². The van der Waals surface area contributed by atoms with Crippen molar-refractivity contribution in [2.24, 2.45) is 4.99 Å². The van der Waals surface area contributed by atoms with Gasteiger partial charge in [0.05, 0.1) is 35.6 Å². The summed E-state index contributed by atoms with van der Waals surface area (Å²) in [5, 5.41) is 1.71. The summed E-state index contributed by atoms with van der Waals surface area (Å²) in [7, 11) is 1.60. The van der Waals surface area contributed by atoms with E-state index in [4.69, 9.17) is 26.1 Å². The fourth-order valence-electron chi connectivity index (χ4n) is 6.01. The van der Waals surface area contributed by atoms with Crippen LogP contribution in [0.3, 0.4) is 0 Å². The number of carbonyl (C=O) groups excluding carboxylic acids is 1. The van der Waals surface area contributed by atoms with Crippen LogP contribution in [0, 0.1) is 0 Å². The van der Waals surface area contributed by atoms with E-state index in [1.165, 1.54) is 11.3 Å². The van der Waals surface area contributed by atoms with Crippen LogP contribution in [0.1, 0.15) is 35.2 Å². The third-order valence-corrected chi connectivity index (χ3v) is 9.56. The molecule has 0 saturated heterocycles. The van der Waals surface area contributed by atoms with Crippen molar-refractivity contribution in [3.63, 3.8) is 0 Å². The number of ether oxygens (including phenoxy) is 2. The number of hydrogen-bond acceptors (Lipinski definition) is 6. The summed E-state index contributed by atoms with van der Waals surface area (Å²) in [4.78, 5) is 33.6. The van der Waals surface area contributed by atoms with E-state index in [2.05, 4.69) is 10.6 Å². The van der Waals surface area contributed by atoms with Crippen molar-refractivity contribution >= 4 is 51.6 Å². The lowest BCUT2D eigenvalue weighted by atomic mass is 9.93. The standard InChI is InChI=1S/C38H30ClN3O4S/c1-3-46-37(44)33-34(24-11-5-4-6-12-24)40-38-42(35(33)25-17-19-28(45-2)20-18-25)36(43)32(47-38)21-27-23-41(31-16-10-8-14-29(27)31)22-26-13-7-9-15-30(26)39/h4-21,23,35H,3,22H2,1-2H3/b32-21-/t35-/m0/s1. The molecule has 0 unspecified atom stereocenters. The van der Waals surface area contributed by atoms with Gasteiger partial charge in [-0.25, -0.2) is 9.79 Å². The van der Waals surface area contributed by atoms with Crippen LogP contribution in [0.4, 0.5) is 0 Å². The molecule has 0 fully saturated rings. The number of methoxy groups -OCH3 is 1. The van der Waals surface area contributed by atoms with E-state index in [0.717, 1.165) is 33.2 Å². The van der Waals surface area contributed by atoms with E-state index < -0.39 is 12.0 Å². The molecule has 6 aromatic rings. The first-order valence-corrected chi connectivity index (χ1v) is 16.4. The fourth-order valence-corrected chi connectivity index (χ4v) is 7.20. The molecule has 7 rings (SSSR count). The first-order valence-electron chi connectivity index (χ1n) is 15.2. The second-order valence-electron chi connectivity index (χ2n) is 11.0. The molecule has 1 aliphatic rings. The van der Waals surface area contributed by atoms with Crippen LogP contribution < -0.4 is 19.6 Å². The molecule has 2 aromatic heterocycles. The van der Waals surface area contributed by atoms with E-state index in [9.17, 15) is 9.59 Å². The molecule has 47 heavy (non-hydrogen) atoms. The SMILES string of the molecule is CCOC(=O)C1=C(c2ccccc2)N=c2s/c(=C\c3cn(Cc4ccccc4Cl)c4ccccc34)c(=O)n2[C@H]1c1ccc(OC)cc1. The molecule has 0 N–H and O–H groups in total. The Morgan fingerprint density at radius 1 is 0.957 bits per heavy atom. The van der Waals surface area contributed by atoms with Crippen LogP contribution in [0.15, 0.2) is 125 Å². The minimum absolute atomic E-state index is 0.183. The average Bonchev–Trinajstić information content (AvgIpc) is 3.61. The van der Waals surface area contributed by atoms with E-state index in [-0.39, 0.29) is 12.2 Å². The summed E-state index contributed by atoms with van der Waals surface area (Å²) in [5.74, 6) is 0.145. The highest BCUT2D eigenvalue weighted by molar-refractivity contribution is 7.07. The molecule has 7 nitrogen and oxygen atoms in total. The maximum absolute atomic E-state index is 14.4. The molecule has 3 heterocycles. The number of aromatic nitrogens is 2. The van der Waals surface area contributed by atoms with Crippen LogP contribution in [-0.2, 0) is 16.1 Å². The molecule has 234 valence electrons. The molecule has 0 bridgehead atoms. The van der Waals surface area contributed by atoms with E-state index in [0.29, 0.717) is 37.9 Å². The third kappa shape index (κ3) is 5.71. The summed E-state index contributed by atoms with van der Waals surface area (Å²) in [6.45, 7) is 2.53. The number of halogens is 1. The number of benzene rings is 4. The molecule has 0 aliphatic carbocycles. The highest BCUT2D eigenvalue weighted by atomic mass is 35.5. The Morgan fingerprint density at radius 3 is 2.43 bits per heavy atom. The predicted octanol–water partition coefficient (Wildman–Crippen LogP) is 6.60. The van der Waals surface area contributed by atoms with Crippen LogP contribution in [-0.4, -0.2) is 28.8 Å². The highest BCUT2D eigenvalue weighted by Crippen LogP contribution is 2.36. The van der Waals surface area contributed by atoms with Gasteiger partial charge in [-0.3, -0.25) is 9.36 Å². The Morgan fingerprint density at radius 2 is 1.68 bits per heavy atom. The minimum atomic E-state index is -0.768. The van der Waals surface area contributed by atoms with Gasteiger partial charge in [0.25, 0.3) is 5.56 Å². The van der Waals surface area contributed by atoms with E-state index in [1.807, 2.05) is 109 Å². The molecule has 4 aromatic carbocycles. The van der Waals surface area contributed by atoms with Gasteiger partial charge in [0.1, 0.15) is 5.75 Å². The van der Waals surface area contributed by atoms with Gasteiger partial charge < -0.3 is 14.0 Å². The molecule has 0 saturated carbocycles. The Kier molecular flexibility index (Phi) is 8.37. The molecule has 0 radical (unpaired) electrons. The van der Waals surface area contributed by atoms with E-state index in [1.54, 1.807) is 18.6 Å².